The maximum atomic E-state index is 10.0. The maximum absolute atomic E-state index is 10.0. The van der Waals surface area contributed by atoms with Crippen LogP contribution in [0.1, 0.15) is 39.0 Å². The summed E-state index contributed by atoms with van der Waals surface area (Å²) in [5, 5.41) is 2.98. The highest BCUT2D eigenvalue weighted by Gasteiger charge is 2.20. The zero-order chi connectivity index (χ0) is 8.10. The van der Waals surface area contributed by atoms with Gasteiger partial charge in [0.25, 0.3) is 0 Å². The van der Waals surface area contributed by atoms with E-state index in [1.807, 2.05) is 0 Å². The smallest absolute Gasteiger partial charge is 0.0839 e. The molecule has 0 N–H and O–H groups in total. The van der Waals surface area contributed by atoms with Crippen LogP contribution in [0.4, 0.5) is 0 Å². The van der Waals surface area contributed by atoms with Crippen molar-refractivity contribution < 1.29 is 0 Å². The first-order valence-electron chi connectivity index (χ1n) is 4.66. The lowest BCUT2D eigenvalue weighted by Gasteiger charge is -2.26. The molecule has 0 heterocycles. The Balaban J connectivity index is 2.27. The number of hydrogen-bond donors (Lipinski definition) is 0. The van der Waals surface area contributed by atoms with Gasteiger partial charge in [-0.3, -0.25) is 0 Å². The maximum Gasteiger partial charge on any atom is 0.0839 e. The molecule has 0 aromatic carbocycles. The summed E-state index contributed by atoms with van der Waals surface area (Å²) in [6.45, 7) is 2.79. The van der Waals surface area contributed by atoms with Crippen molar-refractivity contribution in [2.75, 3.05) is 6.54 Å². The molecule has 64 valence electrons. The fraction of sp³-hybridized carbons (Fsp3) is 1.00. The van der Waals surface area contributed by atoms with E-state index in [0.29, 0.717) is 12.5 Å². The molecule has 0 aliphatic heterocycles. The highest BCUT2D eigenvalue weighted by Crippen LogP contribution is 2.30. The van der Waals surface area contributed by atoms with Crippen LogP contribution in [-0.4, -0.2) is 6.54 Å². The summed E-state index contributed by atoms with van der Waals surface area (Å²) in [7, 11) is 0. The monoisotopic (exact) mass is 155 g/mol. The quantitative estimate of drug-likeness (QED) is 0.576. The number of rotatable bonds is 3. The molecule has 1 aliphatic rings. The van der Waals surface area contributed by atoms with Gasteiger partial charge in [-0.25, -0.2) is 0 Å². The summed E-state index contributed by atoms with van der Waals surface area (Å²) < 4.78 is 0. The Bertz CT molecular complexity index is 125. The molecule has 2 atom stereocenters. The minimum Gasteiger partial charge on any atom is -0.151 e. The van der Waals surface area contributed by atoms with E-state index in [1.165, 1.54) is 32.1 Å². The summed E-state index contributed by atoms with van der Waals surface area (Å²) in [6, 6.07) is 0. The summed E-state index contributed by atoms with van der Waals surface area (Å²) in [5.74, 6) is 1.47. The van der Waals surface area contributed by atoms with Crippen molar-refractivity contribution in [1.29, 1.82) is 0 Å². The van der Waals surface area contributed by atoms with Gasteiger partial charge in [-0.05, 0) is 24.7 Å². The van der Waals surface area contributed by atoms with Crippen molar-refractivity contribution in [2.45, 2.75) is 39.0 Å². The average Bonchev–Trinajstić information content (AvgIpc) is 2.06. The minimum atomic E-state index is 0.552. The molecule has 0 radical (unpaired) electrons. The van der Waals surface area contributed by atoms with Crippen molar-refractivity contribution in [2.24, 2.45) is 17.0 Å². The second-order valence-electron chi connectivity index (χ2n) is 3.62. The predicted octanol–water partition coefficient (Wildman–Crippen LogP) is 2.97. The predicted molar refractivity (Wildman–Crippen MR) is 46.4 cm³/mol. The molecule has 0 bridgehead atoms. The lowest BCUT2D eigenvalue weighted by Crippen LogP contribution is -2.16. The second-order valence-corrected chi connectivity index (χ2v) is 3.62. The van der Waals surface area contributed by atoms with Gasteiger partial charge in [-0.2, -0.15) is 4.91 Å². The van der Waals surface area contributed by atoms with Gasteiger partial charge in [0.15, 0.2) is 0 Å². The van der Waals surface area contributed by atoms with Crippen LogP contribution in [0.3, 0.4) is 0 Å². The number of hydrogen-bond acceptors (Lipinski definition) is 2. The normalized spacial score (nSPS) is 31.7. The van der Waals surface area contributed by atoms with Crippen molar-refractivity contribution in [3.8, 4) is 0 Å². The molecule has 0 aromatic rings. The van der Waals surface area contributed by atoms with Gasteiger partial charge in [0, 0.05) is 0 Å². The average molecular weight is 155 g/mol. The van der Waals surface area contributed by atoms with E-state index in [-0.39, 0.29) is 0 Å². The molecule has 0 spiro atoms. The lowest BCUT2D eigenvalue weighted by atomic mass is 9.80. The molecule has 1 aliphatic carbocycles. The fourth-order valence-corrected chi connectivity index (χ4v) is 2.04. The molecule has 0 saturated heterocycles. The third-order valence-corrected chi connectivity index (χ3v) is 2.80. The highest BCUT2D eigenvalue weighted by molar-refractivity contribution is 4.73. The molecule has 1 saturated carbocycles. The first kappa shape index (κ1) is 8.69. The molecule has 2 heteroatoms. The van der Waals surface area contributed by atoms with E-state index in [9.17, 15) is 4.91 Å². The first-order valence-corrected chi connectivity index (χ1v) is 4.66. The van der Waals surface area contributed by atoms with Gasteiger partial charge in [-0.1, -0.05) is 31.4 Å². The van der Waals surface area contributed by atoms with E-state index >= 15 is 0 Å². The van der Waals surface area contributed by atoms with Gasteiger partial charge in [0.05, 0.1) is 6.54 Å². The van der Waals surface area contributed by atoms with E-state index in [4.69, 9.17) is 0 Å². The third-order valence-electron chi connectivity index (χ3n) is 2.80. The van der Waals surface area contributed by atoms with Gasteiger partial charge in [0.1, 0.15) is 0 Å². The third kappa shape index (κ3) is 2.60. The molecule has 11 heavy (non-hydrogen) atoms. The van der Waals surface area contributed by atoms with Crippen molar-refractivity contribution in [3.05, 3.63) is 4.91 Å². The first-order chi connectivity index (χ1) is 5.36. The Hall–Kier alpha value is -0.400. The van der Waals surface area contributed by atoms with Crippen LogP contribution in [0.15, 0.2) is 5.18 Å². The van der Waals surface area contributed by atoms with Crippen LogP contribution >= 0.6 is 0 Å². The van der Waals surface area contributed by atoms with Crippen LogP contribution < -0.4 is 0 Å². The molecule has 0 aromatic heterocycles. The fourth-order valence-electron chi connectivity index (χ4n) is 2.04. The Morgan fingerprint density at radius 3 is 2.73 bits per heavy atom. The van der Waals surface area contributed by atoms with Crippen LogP contribution in [0, 0.1) is 16.7 Å². The molecule has 1 rings (SSSR count). The van der Waals surface area contributed by atoms with Crippen molar-refractivity contribution in [1.82, 2.24) is 0 Å². The Morgan fingerprint density at radius 2 is 2.09 bits per heavy atom. The minimum absolute atomic E-state index is 0.552. The van der Waals surface area contributed by atoms with Crippen LogP contribution in [-0.2, 0) is 0 Å². The zero-order valence-electron chi connectivity index (χ0n) is 7.25. The van der Waals surface area contributed by atoms with E-state index in [0.717, 1.165) is 5.92 Å². The summed E-state index contributed by atoms with van der Waals surface area (Å²) in [4.78, 5) is 10.0. The number of nitrogens with zero attached hydrogens (tertiary/aromatic N) is 1. The standard InChI is InChI=1S/C9H17NO/c1-2-8-4-3-5-9(6-8)7-10-11/h8-9H,2-7H2,1H3. The topological polar surface area (TPSA) is 29.4 Å². The Labute approximate surface area is 68.3 Å². The second kappa shape index (κ2) is 4.47. The van der Waals surface area contributed by atoms with Crippen LogP contribution in [0.25, 0.3) is 0 Å². The Kier molecular flexibility index (Phi) is 3.53. The van der Waals surface area contributed by atoms with Gasteiger partial charge < -0.3 is 0 Å². The molecule has 0 amide bonds. The van der Waals surface area contributed by atoms with E-state index in [1.54, 1.807) is 0 Å². The summed E-state index contributed by atoms with van der Waals surface area (Å²) in [5.41, 5.74) is 0. The SMILES string of the molecule is CCC1CCCC(CN=O)C1. The van der Waals surface area contributed by atoms with Gasteiger partial charge >= 0.3 is 0 Å². The Morgan fingerprint density at radius 1 is 1.36 bits per heavy atom. The molecule has 2 nitrogen and oxygen atoms in total. The number of nitroso groups, excluding NO2 is 1. The van der Waals surface area contributed by atoms with Crippen molar-refractivity contribution >= 4 is 0 Å². The zero-order valence-corrected chi connectivity index (χ0v) is 7.25. The van der Waals surface area contributed by atoms with Crippen LogP contribution in [0.2, 0.25) is 0 Å². The van der Waals surface area contributed by atoms with E-state index < -0.39 is 0 Å². The summed E-state index contributed by atoms with van der Waals surface area (Å²) in [6.07, 6.45) is 6.41. The summed E-state index contributed by atoms with van der Waals surface area (Å²) >= 11 is 0. The van der Waals surface area contributed by atoms with E-state index in [2.05, 4.69) is 12.1 Å². The van der Waals surface area contributed by atoms with Crippen LogP contribution in [0.5, 0.6) is 0 Å². The molecule has 1 fully saturated rings. The molecular weight excluding hydrogens is 138 g/mol. The molecule has 2 unspecified atom stereocenters. The highest BCUT2D eigenvalue weighted by atomic mass is 16.3. The van der Waals surface area contributed by atoms with Gasteiger partial charge in [-0.15, -0.1) is 0 Å². The molecular formula is C9H17NO. The van der Waals surface area contributed by atoms with Crippen molar-refractivity contribution in [3.63, 3.8) is 0 Å². The largest absolute Gasteiger partial charge is 0.151 e. The van der Waals surface area contributed by atoms with Gasteiger partial charge in [0.2, 0.25) is 0 Å². The lowest BCUT2D eigenvalue weighted by molar-refractivity contribution is 0.266.